The molecule has 0 bridgehead atoms. The molecule has 0 saturated heterocycles. The van der Waals surface area contributed by atoms with Gasteiger partial charge in [-0.2, -0.15) is 0 Å². The number of hydrogen-bond donors (Lipinski definition) is 0. The van der Waals surface area contributed by atoms with Crippen LogP contribution in [0.25, 0.3) is 0 Å². The number of carbonyl (C=O) groups excluding carboxylic acids is 2. The first kappa shape index (κ1) is 16.2. The molecule has 0 fully saturated rings. The van der Waals surface area contributed by atoms with E-state index in [0.717, 1.165) is 12.0 Å². The zero-order valence-electron chi connectivity index (χ0n) is 12.5. The van der Waals surface area contributed by atoms with Gasteiger partial charge in [0.2, 0.25) is 0 Å². The van der Waals surface area contributed by atoms with E-state index in [-0.39, 0.29) is 5.92 Å². The Morgan fingerprint density at radius 2 is 1.50 bits per heavy atom. The van der Waals surface area contributed by atoms with Crippen molar-refractivity contribution in [2.24, 2.45) is 5.92 Å². The summed E-state index contributed by atoms with van der Waals surface area (Å²) in [5.41, 5.74) is 0.994. The summed E-state index contributed by atoms with van der Waals surface area (Å²) in [6.07, 6.45) is -0.121. The van der Waals surface area contributed by atoms with Gasteiger partial charge in [-0.25, -0.2) is 0 Å². The van der Waals surface area contributed by atoms with Crippen LogP contribution in [0.2, 0.25) is 0 Å². The monoisotopic (exact) mass is 278 g/mol. The predicted molar refractivity (Wildman–Crippen MR) is 76.0 cm³/mol. The maximum atomic E-state index is 11.2. The third kappa shape index (κ3) is 5.43. The van der Waals surface area contributed by atoms with Crippen LogP contribution in [0.4, 0.5) is 0 Å². The first-order valence-electron chi connectivity index (χ1n) is 6.79. The van der Waals surface area contributed by atoms with E-state index in [1.54, 1.807) is 0 Å². The lowest BCUT2D eigenvalue weighted by atomic mass is 9.89. The van der Waals surface area contributed by atoms with Crippen molar-refractivity contribution in [3.05, 3.63) is 35.9 Å². The molecule has 4 heteroatoms. The van der Waals surface area contributed by atoms with Gasteiger partial charge in [0, 0.05) is 13.8 Å². The fraction of sp³-hybridized carbons (Fsp3) is 0.500. The summed E-state index contributed by atoms with van der Waals surface area (Å²) in [6, 6.07) is 9.66. The van der Waals surface area contributed by atoms with Gasteiger partial charge >= 0.3 is 11.9 Å². The number of rotatable bonds is 6. The van der Waals surface area contributed by atoms with Gasteiger partial charge in [0.05, 0.1) is 5.92 Å². The SMILES string of the molecule is CC(=O)OC(OC(C)=O)[C@H](CC(C)C)c1ccccc1. The molecule has 110 valence electrons. The van der Waals surface area contributed by atoms with Crippen molar-refractivity contribution < 1.29 is 19.1 Å². The number of ether oxygens (including phenoxy) is 2. The van der Waals surface area contributed by atoms with Crippen LogP contribution in [0.15, 0.2) is 30.3 Å². The van der Waals surface area contributed by atoms with Crippen LogP contribution in [-0.4, -0.2) is 18.2 Å². The van der Waals surface area contributed by atoms with Gasteiger partial charge in [-0.1, -0.05) is 44.2 Å². The standard InChI is InChI=1S/C16H22O4/c1-11(2)10-15(14-8-6-5-7-9-14)16(19-12(3)17)20-13(4)18/h5-9,11,15-16H,10H2,1-4H3/t15-/m1/s1. The van der Waals surface area contributed by atoms with Crippen LogP contribution >= 0.6 is 0 Å². The van der Waals surface area contributed by atoms with Gasteiger partial charge in [-0.15, -0.1) is 0 Å². The van der Waals surface area contributed by atoms with Crippen molar-refractivity contribution in [2.45, 2.75) is 46.3 Å². The maximum Gasteiger partial charge on any atom is 0.305 e. The van der Waals surface area contributed by atoms with E-state index in [1.165, 1.54) is 13.8 Å². The highest BCUT2D eigenvalue weighted by atomic mass is 16.7. The molecule has 1 rings (SSSR count). The third-order valence-electron chi connectivity index (χ3n) is 2.85. The van der Waals surface area contributed by atoms with Crippen molar-refractivity contribution in [1.82, 2.24) is 0 Å². The Bertz CT molecular complexity index is 423. The molecule has 0 spiro atoms. The van der Waals surface area contributed by atoms with Crippen molar-refractivity contribution in [1.29, 1.82) is 0 Å². The molecule has 0 saturated carbocycles. The summed E-state index contributed by atoms with van der Waals surface area (Å²) in [6.45, 7) is 6.78. The molecular weight excluding hydrogens is 256 g/mol. The molecule has 0 aromatic heterocycles. The molecular formula is C16H22O4. The summed E-state index contributed by atoms with van der Waals surface area (Å²) < 4.78 is 10.4. The molecule has 0 aliphatic carbocycles. The average Bonchev–Trinajstić information content (AvgIpc) is 2.35. The average molecular weight is 278 g/mol. The van der Waals surface area contributed by atoms with Crippen LogP contribution in [0.3, 0.4) is 0 Å². The first-order valence-corrected chi connectivity index (χ1v) is 6.79. The summed E-state index contributed by atoms with van der Waals surface area (Å²) >= 11 is 0. The second-order valence-corrected chi connectivity index (χ2v) is 5.23. The van der Waals surface area contributed by atoms with Crippen LogP contribution in [0.5, 0.6) is 0 Å². The van der Waals surface area contributed by atoms with Crippen LogP contribution in [0.1, 0.15) is 45.6 Å². The highest BCUT2D eigenvalue weighted by Gasteiger charge is 2.29. The molecule has 20 heavy (non-hydrogen) atoms. The number of carbonyl (C=O) groups is 2. The zero-order valence-corrected chi connectivity index (χ0v) is 12.5. The molecule has 0 N–H and O–H groups in total. The van der Waals surface area contributed by atoms with Crippen molar-refractivity contribution >= 4 is 11.9 Å². The molecule has 0 heterocycles. The highest BCUT2D eigenvalue weighted by Crippen LogP contribution is 2.30. The lowest BCUT2D eigenvalue weighted by Gasteiger charge is -2.27. The van der Waals surface area contributed by atoms with Crippen LogP contribution in [-0.2, 0) is 19.1 Å². The molecule has 0 aliphatic rings. The van der Waals surface area contributed by atoms with E-state index in [0.29, 0.717) is 5.92 Å². The highest BCUT2D eigenvalue weighted by molar-refractivity contribution is 5.68. The lowest BCUT2D eigenvalue weighted by Crippen LogP contribution is -2.30. The molecule has 0 unspecified atom stereocenters. The normalized spacial score (nSPS) is 12.3. The molecule has 0 aliphatic heterocycles. The van der Waals surface area contributed by atoms with Gasteiger partial charge in [-0.05, 0) is 17.9 Å². The summed E-state index contributed by atoms with van der Waals surface area (Å²) in [4.78, 5) is 22.5. The lowest BCUT2D eigenvalue weighted by molar-refractivity contribution is -0.189. The Morgan fingerprint density at radius 1 is 1.00 bits per heavy atom. The summed E-state index contributed by atoms with van der Waals surface area (Å²) in [5, 5.41) is 0. The second-order valence-electron chi connectivity index (χ2n) is 5.23. The summed E-state index contributed by atoms with van der Waals surface area (Å²) in [5.74, 6) is -0.695. The van der Waals surface area contributed by atoms with E-state index in [2.05, 4.69) is 13.8 Å². The zero-order chi connectivity index (χ0) is 15.1. The van der Waals surface area contributed by atoms with E-state index >= 15 is 0 Å². The second kappa shape index (κ2) is 7.68. The fourth-order valence-corrected chi connectivity index (χ4v) is 2.13. The molecule has 1 aromatic rings. The molecule has 1 atom stereocenters. The van der Waals surface area contributed by atoms with E-state index in [4.69, 9.17) is 9.47 Å². The largest absolute Gasteiger partial charge is 0.425 e. The Balaban J connectivity index is 3.03. The van der Waals surface area contributed by atoms with Gasteiger partial charge in [0.15, 0.2) is 0 Å². The van der Waals surface area contributed by atoms with Crippen molar-refractivity contribution in [3.8, 4) is 0 Å². The minimum Gasteiger partial charge on any atom is -0.425 e. The molecule has 1 aromatic carbocycles. The molecule has 4 nitrogen and oxygen atoms in total. The Labute approximate surface area is 120 Å². The molecule has 0 radical (unpaired) electrons. The van der Waals surface area contributed by atoms with Gasteiger partial charge in [-0.3, -0.25) is 9.59 Å². The minimum absolute atomic E-state index is 0.163. The van der Waals surface area contributed by atoms with Crippen LogP contribution < -0.4 is 0 Å². The fourth-order valence-electron chi connectivity index (χ4n) is 2.13. The maximum absolute atomic E-state index is 11.2. The first-order chi connectivity index (χ1) is 9.40. The van der Waals surface area contributed by atoms with E-state index < -0.39 is 18.2 Å². The minimum atomic E-state index is -0.880. The predicted octanol–water partition coefficient (Wildman–Crippen LogP) is 3.27. The quantitative estimate of drug-likeness (QED) is 0.592. The molecule has 0 amide bonds. The van der Waals surface area contributed by atoms with Gasteiger partial charge < -0.3 is 9.47 Å². The number of hydrogen-bond acceptors (Lipinski definition) is 4. The van der Waals surface area contributed by atoms with E-state index in [1.807, 2.05) is 30.3 Å². The third-order valence-corrected chi connectivity index (χ3v) is 2.85. The van der Waals surface area contributed by atoms with E-state index in [9.17, 15) is 9.59 Å². The summed E-state index contributed by atoms with van der Waals surface area (Å²) in [7, 11) is 0. The number of benzene rings is 1. The van der Waals surface area contributed by atoms with Crippen LogP contribution in [0, 0.1) is 5.92 Å². The van der Waals surface area contributed by atoms with Crippen molar-refractivity contribution in [3.63, 3.8) is 0 Å². The Morgan fingerprint density at radius 3 is 1.90 bits per heavy atom. The topological polar surface area (TPSA) is 52.6 Å². The number of esters is 2. The van der Waals surface area contributed by atoms with Gasteiger partial charge in [0.1, 0.15) is 0 Å². The Hall–Kier alpha value is -1.84. The smallest absolute Gasteiger partial charge is 0.305 e. The van der Waals surface area contributed by atoms with Gasteiger partial charge in [0.25, 0.3) is 6.29 Å². The van der Waals surface area contributed by atoms with Crippen molar-refractivity contribution in [2.75, 3.05) is 0 Å². The Kier molecular flexibility index (Phi) is 6.22.